The Morgan fingerprint density at radius 1 is 0.923 bits per heavy atom. The van der Waals surface area contributed by atoms with Crippen molar-refractivity contribution in [1.29, 1.82) is 0 Å². The normalized spacial score (nSPS) is 11.1. The molecule has 0 atom stereocenters. The van der Waals surface area contributed by atoms with Crippen LogP contribution in [0, 0.1) is 13.8 Å². The van der Waals surface area contributed by atoms with Gasteiger partial charge in [0.2, 0.25) is 0 Å². The molecule has 1 heterocycles. The van der Waals surface area contributed by atoms with Crippen molar-refractivity contribution in [2.24, 2.45) is 0 Å². The van der Waals surface area contributed by atoms with E-state index >= 15 is 0 Å². The number of halogens is 2. The first-order valence-electron chi connectivity index (χ1n) is 3.69. The van der Waals surface area contributed by atoms with E-state index in [1.54, 1.807) is 0 Å². The van der Waals surface area contributed by atoms with E-state index in [-0.39, 0.29) is 0 Å². The van der Waals surface area contributed by atoms with Gasteiger partial charge in [0.15, 0.2) is 11.0 Å². The van der Waals surface area contributed by atoms with Crippen LogP contribution < -0.4 is 0 Å². The molecule has 0 radical (unpaired) electrons. The summed E-state index contributed by atoms with van der Waals surface area (Å²) in [5.41, 5.74) is 3.81. The van der Waals surface area contributed by atoms with Gasteiger partial charge in [0.25, 0.3) is 0 Å². The fourth-order valence-corrected chi connectivity index (χ4v) is 2.28. The van der Waals surface area contributed by atoms with Gasteiger partial charge in [0.05, 0.1) is 8.95 Å². The molecule has 5 heteroatoms. The number of nitrogens with zero attached hydrogens (tertiary/aromatic N) is 2. The molecule has 0 aliphatic heterocycles. The lowest BCUT2D eigenvalue weighted by atomic mass is 10.1. The van der Waals surface area contributed by atoms with Crippen molar-refractivity contribution in [2.75, 3.05) is 0 Å². The molecule has 0 spiro atoms. The van der Waals surface area contributed by atoms with Crippen molar-refractivity contribution in [3.8, 4) is 0 Å². The summed E-state index contributed by atoms with van der Waals surface area (Å²) in [6.45, 7) is 4.05. The number of rotatable bonds is 0. The predicted molar refractivity (Wildman–Crippen MR) is 56.7 cm³/mol. The molecule has 0 bridgehead atoms. The quantitative estimate of drug-likeness (QED) is 0.749. The van der Waals surface area contributed by atoms with Crippen LogP contribution in [-0.2, 0) is 0 Å². The molecule has 0 aliphatic carbocycles. The molecule has 0 amide bonds. The predicted octanol–water partition coefficient (Wildman–Crippen LogP) is 3.36. The maximum absolute atomic E-state index is 4.68. The van der Waals surface area contributed by atoms with Crippen molar-refractivity contribution in [2.45, 2.75) is 13.8 Å². The van der Waals surface area contributed by atoms with Crippen LogP contribution in [0.4, 0.5) is 0 Å². The first-order valence-corrected chi connectivity index (χ1v) is 5.28. The van der Waals surface area contributed by atoms with Crippen molar-refractivity contribution in [3.63, 3.8) is 0 Å². The van der Waals surface area contributed by atoms with E-state index in [1.165, 1.54) is 0 Å². The second kappa shape index (κ2) is 3.06. The van der Waals surface area contributed by atoms with Crippen molar-refractivity contribution >= 4 is 42.9 Å². The summed E-state index contributed by atoms with van der Waals surface area (Å²) in [6, 6.07) is 0. The summed E-state index contributed by atoms with van der Waals surface area (Å²) in [4.78, 5) is 0. The first-order chi connectivity index (χ1) is 6.13. The highest BCUT2D eigenvalue weighted by molar-refractivity contribution is 9.11. The van der Waals surface area contributed by atoms with Gasteiger partial charge in [-0.25, -0.2) is 4.63 Å². The molecule has 1 aromatic heterocycles. The van der Waals surface area contributed by atoms with Gasteiger partial charge in [-0.3, -0.25) is 0 Å². The molecule has 0 saturated heterocycles. The lowest BCUT2D eigenvalue weighted by Gasteiger charge is -2.04. The number of hydrogen-bond acceptors (Lipinski definition) is 3. The van der Waals surface area contributed by atoms with Gasteiger partial charge < -0.3 is 0 Å². The third-order valence-corrected chi connectivity index (χ3v) is 4.07. The van der Waals surface area contributed by atoms with E-state index in [0.717, 1.165) is 31.1 Å². The van der Waals surface area contributed by atoms with E-state index in [9.17, 15) is 0 Å². The topological polar surface area (TPSA) is 38.9 Å². The smallest absolute Gasteiger partial charge is 0.150 e. The van der Waals surface area contributed by atoms with Crippen LogP contribution in [0.2, 0.25) is 0 Å². The van der Waals surface area contributed by atoms with Crippen LogP contribution in [0.5, 0.6) is 0 Å². The zero-order valence-electron chi connectivity index (χ0n) is 7.06. The Kier molecular flexibility index (Phi) is 2.15. The van der Waals surface area contributed by atoms with Crippen LogP contribution in [0.1, 0.15) is 11.1 Å². The number of hydrogen-bond donors (Lipinski definition) is 0. The standard InChI is InChI=1S/C8H6Br2N2O/c1-3-4(2)6(10)8-7(5(3)9)11-13-12-8/h1-2H3. The molecule has 68 valence electrons. The van der Waals surface area contributed by atoms with E-state index in [0.29, 0.717) is 0 Å². The molecule has 0 unspecified atom stereocenters. The third kappa shape index (κ3) is 1.21. The Morgan fingerprint density at radius 2 is 1.31 bits per heavy atom. The van der Waals surface area contributed by atoms with Gasteiger partial charge in [-0.2, -0.15) is 0 Å². The van der Waals surface area contributed by atoms with Crippen LogP contribution in [0.3, 0.4) is 0 Å². The summed E-state index contributed by atoms with van der Waals surface area (Å²) in [7, 11) is 0. The van der Waals surface area contributed by atoms with Crippen molar-refractivity contribution < 1.29 is 4.63 Å². The largest absolute Gasteiger partial charge is 0.243 e. The summed E-state index contributed by atoms with van der Waals surface area (Å²) < 4.78 is 6.57. The Labute approximate surface area is 91.7 Å². The number of benzene rings is 1. The molecule has 2 aromatic rings. The highest BCUT2D eigenvalue weighted by atomic mass is 79.9. The van der Waals surface area contributed by atoms with Gasteiger partial charge in [-0.1, -0.05) is 0 Å². The molecule has 3 nitrogen and oxygen atoms in total. The Balaban J connectivity index is 3.02. The SMILES string of the molecule is Cc1c(C)c(Br)c2nonc2c1Br. The zero-order valence-corrected chi connectivity index (χ0v) is 10.2. The van der Waals surface area contributed by atoms with Crippen molar-refractivity contribution in [1.82, 2.24) is 10.3 Å². The lowest BCUT2D eigenvalue weighted by molar-refractivity contribution is 0.315. The Bertz CT molecular complexity index is 436. The molecule has 0 aliphatic rings. The molecular formula is C8H6Br2N2O. The van der Waals surface area contributed by atoms with Crippen molar-refractivity contribution in [3.05, 3.63) is 20.1 Å². The fourth-order valence-electron chi connectivity index (χ4n) is 1.16. The minimum atomic E-state index is 0.759. The van der Waals surface area contributed by atoms with E-state index < -0.39 is 0 Å². The maximum Gasteiger partial charge on any atom is 0.150 e. The van der Waals surface area contributed by atoms with E-state index in [4.69, 9.17) is 0 Å². The third-order valence-electron chi connectivity index (χ3n) is 2.13. The second-order valence-corrected chi connectivity index (χ2v) is 4.43. The maximum atomic E-state index is 4.68. The monoisotopic (exact) mass is 304 g/mol. The van der Waals surface area contributed by atoms with Crippen LogP contribution >= 0.6 is 31.9 Å². The van der Waals surface area contributed by atoms with Gasteiger partial charge in [-0.05, 0) is 67.1 Å². The molecule has 0 N–H and O–H groups in total. The van der Waals surface area contributed by atoms with Gasteiger partial charge in [0.1, 0.15) is 0 Å². The summed E-state index contributed by atoms with van der Waals surface area (Å²) in [6.07, 6.45) is 0. The minimum absolute atomic E-state index is 0.759. The zero-order chi connectivity index (χ0) is 9.59. The molecule has 1 aromatic carbocycles. The average molecular weight is 306 g/mol. The first kappa shape index (κ1) is 9.15. The summed E-state index contributed by atoms with van der Waals surface area (Å²) in [5.74, 6) is 0. The highest BCUT2D eigenvalue weighted by Gasteiger charge is 2.14. The minimum Gasteiger partial charge on any atom is -0.243 e. The molecular weight excluding hydrogens is 300 g/mol. The van der Waals surface area contributed by atoms with Crippen LogP contribution in [-0.4, -0.2) is 10.3 Å². The Hall–Kier alpha value is -0.420. The second-order valence-electron chi connectivity index (χ2n) is 2.84. The fraction of sp³-hybridized carbons (Fsp3) is 0.250. The van der Waals surface area contributed by atoms with Gasteiger partial charge >= 0.3 is 0 Å². The summed E-state index contributed by atoms with van der Waals surface area (Å²) >= 11 is 6.92. The molecule has 0 fully saturated rings. The Morgan fingerprint density at radius 3 is 1.69 bits per heavy atom. The van der Waals surface area contributed by atoms with Crippen LogP contribution in [0.15, 0.2) is 13.6 Å². The van der Waals surface area contributed by atoms with Gasteiger partial charge in [0, 0.05) is 0 Å². The number of fused-ring (bicyclic) bond motifs is 1. The highest BCUT2D eigenvalue weighted by Crippen LogP contribution is 2.34. The molecule has 13 heavy (non-hydrogen) atoms. The van der Waals surface area contributed by atoms with E-state index in [2.05, 4.69) is 46.8 Å². The molecule has 2 rings (SSSR count). The van der Waals surface area contributed by atoms with E-state index in [1.807, 2.05) is 13.8 Å². The average Bonchev–Trinajstić information content (AvgIpc) is 2.59. The lowest BCUT2D eigenvalue weighted by Crippen LogP contribution is -1.87. The van der Waals surface area contributed by atoms with Gasteiger partial charge in [-0.15, -0.1) is 0 Å². The number of aromatic nitrogens is 2. The molecule has 0 saturated carbocycles. The summed E-state index contributed by atoms with van der Waals surface area (Å²) in [5, 5.41) is 7.64. The van der Waals surface area contributed by atoms with Crippen LogP contribution in [0.25, 0.3) is 11.0 Å².